The van der Waals surface area contributed by atoms with Crippen LogP contribution >= 0.6 is 0 Å². The van der Waals surface area contributed by atoms with Crippen molar-refractivity contribution >= 4 is 25.3 Å². The molecule has 0 saturated heterocycles. The molecule has 1 rings (SSSR count). The third kappa shape index (κ3) is 2.42. The Balaban J connectivity index is 0.000000640. The minimum atomic E-state index is 0. The average molecular weight is 122 g/mol. The molecule has 0 atom stereocenters. The first kappa shape index (κ1) is 9.07. The first-order valence-corrected chi connectivity index (χ1v) is 2.92. The molecule has 0 heterocycles. The van der Waals surface area contributed by atoms with E-state index >= 15 is 0 Å². The number of carbonyl (C=O) groups excluding carboxylic acids is 1. The van der Waals surface area contributed by atoms with Gasteiger partial charge in [0, 0.05) is 0 Å². The fraction of sp³-hybridized carbons (Fsp3) is 0.833. The van der Waals surface area contributed by atoms with E-state index in [1.807, 2.05) is 0 Å². The zero-order valence-corrected chi connectivity index (χ0v) is 4.96. The normalized spacial score (nSPS) is 31.7. The molecule has 3 heteroatoms. The van der Waals surface area contributed by atoms with Crippen LogP contribution in [0.1, 0.15) is 19.8 Å². The van der Waals surface area contributed by atoms with Crippen molar-refractivity contribution < 1.29 is 9.53 Å². The van der Waals surface area contributed by atoms with Gasteiger partial charge in [0.05, 0.1) is 0 Å². The van der Waals surface area contributed by atoms with E-state index in [0.29, 0.717) is 6.47 Å². The molecule has 0 N–H and O–H groups in total. The topological polar surface area (TPSA) is 26.3 Å². The molecule has 1 aliphatic carbocycles. The van der Waals surface area contributed by atoms with Crippen LogP contribution in [0.3, 0.4) is 0 Å². The Morgan fingerprint density at radius 3 is 2.44 bits per heavy atom. The van der Waals surface area contributed by atoms with E-state index < -0.39 is 0 Å². The Kier molecular flexibility index (Phi) is 4.01. The first-order chi connectivity index (χ1) is 3.83. The van der Waals surface area contributed by atoms with E-state index in [1.165, 1.54) is 0 Å². The summed E-state index contributed by atoms with van der Waals surface area (Å²) in [6.07, 6.45) is 2.35. The molecule has 2 nitrogen and oxygen atoms in total. The van der Waals surface area contributed by atoms with Crippen LogP contribution in [0.5, 0.6) is 0 Å². The zero-order chi connectivity index (χ0) is 5.98. The second-order valence-corrected chi connectivity index (χ2v) is 2.43. The molecule has 0 bridgehead atoms. The van der Waals surface area contributed by atoms with E-state index in [1.54, 1.807) is 0 Å². The molecule has 0 spiro atoms. The molecule has 0 aromatic carbocycles. The third-order valence-corrected chi connectivity index (χ3v) is 1.58. The quantitative estimate of drug-likeness (QED) is 0.389. The summed E-state index contributed by atoms with van der Waals surface area (Å²) in [6, 6.07) is 0. The van der Waals surface area contributed by atoms with Crippen molar-refractivity contribution in [1.82, 2.24) is 0 Å². The van der Waals surface area contributed by atoms with Gasteiger partial charge in [-0.2, -0.15) is 0 Å². The van der Waals surface area contributed by atoms with E-state index in [4.69, 9.17) is 0 Å². The summed E-state index contributed by atoms with van der Waals surface area (Å²) >= 11 is 0. The second-order valence-electron chi connectivity index (χ2n) is 2.43. The molecule has 0 amide bonds. The first-order valence-electron chi connectivity index (χ1n) is 2.92. The fourth-order valence-electron chi connectivity index (χ4n) is 1.02. The Hall–Kier alpha value is 0.0674. The maximum atomic E-state index is 9.69. The molecule has 1 saturated carbocycles. The van der Waals surface area contributed by atoms with Gasteiger partial charge in [0.1, 0.15) is 6.10 Å². The van der Waals surface area contributed by atoms with Crippen LogP contribution in [0.25, 0.3) is 0 Å². The fourth-order valence-corrected chi connectivity index (χ4v) is 1.02. The van der Waals surface area contributed by atoms with Crippen molar-refractivity contribution in [1.29, 1.82) is 0 Å². The molecule has 0 aliphatic heterocycles. The molecule has 0 radical (unpaired) electrons. The standard InChI is InChI=1S/C6H10O2.Li.H/c1-5-2-6(3-5)8-4-7;;/h4-6H,2-3H2,1H3;;. The SMILES string of the molecule is CC1CC(OC=O)C1.[LiH]. The van der Waals surface area contributed by atoms with Gasteiger partial charge >= 0.3 is 18.9 Å². The van der Waals surface area contributed by atoms with E-state index in [-0.39, 0.29) is 25.0 Å². The predicted octanol–water partition coefficient (Wildman–Crippen LogP) is 0.309. The zero-order valence-electron chi connectivity index (χ0n) is 4.96. The van der Waals surface area contributed by atoms with E-state index in [2.05, 4.69) is 11.7 Å². The number of carbonyl (C=O) groups is 1. The molecule has 9 heavy (non-hydrogen) atoms. The summed E-state index contributed by atoms with van der Waals surface area (Å²) in [4.78, 5) is 9.69. The van der Waals surface area contributed by atoms with Gasteiger partial charge in [-0.15, -0.1) is 0 Å². The number of hydrogen-bond acceptors (Lipinski definition) is 2. The van der Waals surface area contributed by atoms with Gasteiger partial charge in [0.2, 0.25) is 0 Å². The average Bonchev–Trinajstić information content (AvgIpc) is 1.64. The van der Waals surface area contributed by atoms with Crippen molar-refractivity contribution in [2.75, 3.05) is 0 Å². The van der Waals surface area contributed by atoms with E-state index in [9.17, 15) is 4.79 Å². The minimum absolute atomic E-state index is 0. The molecule has 1 aliphatic rings. The van der Waals surface area contributed by atoms with Crippen LogP contribution in [0.15, 0.2) is 0 Å². The summed E-state index contributed by atoms with van der Waals surface area (Å²) in [5, 5.41) is 0. The monoisotopic (exact) mass is 122 g/mol. The van der Waals surface area contributed by atoms with Crippen LogP contribution < -0.4 is 0 Å². The third-order valence-electron chi connectivity index (χ3n) is 1.58. The van der Waals surface area contributed by atoms with Gasteiger partial charge in [-0.3, -0.25) is 4.79 Å². The van der Waals surface area contributed by atoms with Gasteiger partial charge in [-0.25, -0.2) is 0 Å². The van der Waals surface area contributed by atoms with Crippen LogP contribution in [-0.4, -0.2) is 31.4 Å². The Labute approximate surface area is 67.1 Å². The van der Waals surface area contributed by atoms with Crippen LogP contribution in [0.4, 0.5) is 0 Å². The summed E-state index contributed by atoms with van der Waals surface area (Å²) in [5.41, 5.74) is 0. The van der Waals surface area contributed by atoms with Crippen LogP contribution in [0.2, 0.25) is 0 Å². The van der Waals surface area contributed by atoms with Gasteiger partial charge in [0.15, 0.2) is 0 Å². The van der Waals surface area contributed by atoms with Gasteiger partial charge in [0.25, 0.3) is 6.47 Å². The molecule has 48 valence electrons. The molecule has 1 fully saturated rings. The Morgan fingerprint density at radius 1 is 1.56 bits per heavy atom. The molecule has 0 aromatic heterocycles. The molecular weight excluding hydrogens is 111 g/mol. The summed E-state index contributed by atoms with van der Waals surface area (Å²) in [5.74, 6) is 0.764. The Bertz CT molecular complexity index is 89.1. The van der Waals surface area contributed by atoms with Gasteiger partial charge < -0.3 is 4.74 Å². The van der Waals surface area contributed by atoms with Gasteiger partial charge in [-0.1, -0.05) is 6.92 Å². The van der Waals surface area contributed by atoms with Crippen molar-refractivity contribution in [2.45, 2.75) is 25.9 Å². The molecule has 0 aromatic rings. The van der Waals surface area contributed by atoms with Crippen molar-refractivity contribution in [3.8, 4) is 0 Å². The van der Waals surface area contributed by atoms with Crippen molar-refractivity contribution in [2.24, 2.45) is 5.92 Å². The number of rotatable bonds is 2. The maximum absolute atomic E-state index is 9.69. The number of ether oxygens (including phenoxy) is 1. The predicted molar refractivity (Wildman–Crippen MR) is 36.5 cm³/mol. The number of hydrogen-bond donors (Lipinski definition) is 0. The van der Waals surface area contributed by atoms with Crippen molar-refractivity contribution in [3.63, 3.8) is 0 Å². The summed E-state index contributed by atoms with van der Waals surface area (Å²) in [6.45, 7) is 2.70. The summed E-state index contributed by atoms with van der Waals surface area (Å²) < 4.78 is 4.67. The summed E-state index contributed by atoms with van der Waals surface area (Å²) in [7, 11) is 0. The molecular formula is C6H11LiO2. The molecule has 0 unspecified atom stereocenters. The van der Waals surface area contributed by atoms with E-state index in [0.717, 1.165) is 18.8 Å². The van der Waals surface area contributed by atoms with Crippen LogP contribution in [-0.2, 0) is 9.53 Å². The second kappa shape index (κ2) is 3.98. The Morgan fingerprint density at radius 2 is 2.11 bits per heavy atom. The van der Waals surface area contributed by atoms with Crippen molar-refractivity contribution in [3.05, 3.63) is 0 Å². The van der Waals surface area contributed by atoms with Crippen LogP contribution in [0, 0.1) is 5.92 Å². The van der Waals surface area contributed by atoms with Gasteiger partial charge in [-0.05, 0) is 18.8 Å².